The van der Waals surface area contributed by atoms with Gasteiger partial charge in [0.15, 0.2) is 0 Å². The highest BCUT2D eigenvalue weighted by molar-refractivity contribution is 6.04. The number of amides is 4. The molecule has 300 valence electrons. The number of nitrogens with zero attached hydrogens (tertiary/aromatic N) is 2. The topological polar surface area (TPSA) is 144 Å². The van der Waals surface area contributed by atoms with Crippen molar-refractivity contribution in [3.8, 4) is 0 Å². The van der Waals surface area contributed by atoms with Gasteiger partial charge in [0, 0.05) is 44.1 Å². The Morgan fingerprint density at radius 2 is 1.49 bits per heavy atom. The quantitative estimate of drug-likeness (QED) is 0.166. The Bertz CT molecular complexity index is 1730. The summed E-state index contributed by atoms with van der Waals surface area (Å²) in [5, 5.41) is 4.77. The molecule has 0 unspecified atom stereocenters. The number of rotatable bonds is 13. The first-order valence-corrected chi connectivity index (χ1v) is 17.7. The summed E-state index contributed by atoms with van der Waals surface area (Å²) in [6.07, 6.45) is -7.33. The van der Waals surface area contributed by atoms with E-state index < -0.39 is 77.3 Å². The Kier molecular flexibility index (Phi) is 14.1. The molecule has 0 aliphatic carbocycles. The molecule has 0 radical (unpaired) electrons. The number of hydrogen-bond donors (Lipinski definition) is 2. The second-order valence-electron chi connectivity index (χ2n) is 13.9. The van der Waals surface area contributed by atoms with E-state index in [0.717, 1.165) is 10.5 Å². The van der Waals surface area contributed by atoms with Gasteiger partial charge in [0.2, 0.25) is 17.6 Å². The van der Waals surface area contributed by atoms with Crippen molar-refractivity contribution >= 4 is 29.6 Å². The van der Waals surface area contributed by atoms with Crippen LogP contribution in [0.15, 0.2) is 66.1 Å². The van der Waals surface area contributed by atoms with E-state index in [-0.39, 0.29) is 31.0 Å². The zero-order valence-electron chi connectivity index (χ0n) is 31.1. The number of carbonyl (C=O) groups excluding carboxylic acids is 5. The minimum absolute atomic E-state index is 0.00661. The van der Waals surface area contributed by atoms with E-state index in [1.807, 2.05) is 0 Å². The Hall–Kier alpha value is -4.90. The average Bonchev–Trinajstić information content (AvgIpc) is 3.56. The molecule has 55 heavy (non-hydrogen) atoms. The molecule has 17 heteroatoms. The van der Waals surface area contributed by atoms with E-state index in [1.165, 1.54) is 38.1 Å². The third-order valence-electron chi connectivity index (χ3n) is 9.04. The van der Waals surface area contributed by atoms with Gasteiger partial charge >= 0.3 is 18.1 Å². The van der Waals surface area contributed by atoms with Crippen LogP contribution in [-0.4, -0.2) is 103 Å². The van der Waals surface area contributed by atoms with Crippen LogP contribution in [0.1, 0.15) is 67.3 Å². The lowest BCUT2D eigenvalue weighted by atomic mass is 10.0. The largest absolute Gasteiger partial charge is 0.461 e. The van der Waals surface area contributed by atoms with Gasteiger partial charge in [-0.3, -0.25) is 29.3 Å². The van der Waals surface area contributed by atoms with Crippen LogP contribution in [0, 0.1) is 11.8 Å². The predicted octanol–water partition coefficient (Wildman–Crippen LogP) is 4.84. The van der Waals surface area contributed by atoms with Crippen LogP contribution in [0.25, 0.3) is 0 Å². The zero-order valence-corrected chi connectivity index (χ0v) is 31.1. The number of carbonyl (C=O) groups is 5. The second kappa shape index (κ2) is 18.2. The van der Waals surface area contributed by atoms with E-state index >= 15 is 8.78 Å². The molecule has 0 spiro atoms. The maximum absolute atomic E-state index is 15.1. The van der Waals surface area contributed by atoms with E-state index in [0.29, 0.717) is 38.8 Å². The highest BCUT2D eigenvalue weighted by Crippen LogP contribution is 2.45. The molecule has 12 nitrogen and oxygen atoms in total. The van der Waals surface area contributed by atoms with Gasteiger partial charge in [-0.1, -0.05) is 58.0 Å². The summed E-state index contributed by atoms with van der Waals surface area (Å²) in [5.41, 5.74) is 0.392. The molecule has 2 aromatic rings. The fraction of sp³-hybridized carbons (Fsp3) is 0.500. The number of hydrogen-bond acceptors (Lipinski definition) is 9. The molecular weight excluding hydrogens is 735 g/mol. The lowest BCUT2D eigenvalue weighted by molar-refractivity contribution is -0.276. The molecule has 3 atom stereocenters. The third-order valence-corrected chi connectivity index (χ3v) is 9.04. The molecule has 2 aliphatic rings. The first kappa shape index (κ1) is 42.8. The number of allylic oxidation sites excluding steroid dienone is 2. The van der Waals surface area contributed by atoms with Gasteiger partial charge in [-0.2, -0.15) is 22.0 Å². The van der Waals surface area contributed by atoms with Crippen LogP contribution in [0.5, 0.6) is 0 Å². The summed E-state index contributed by atoms with van der Waals surface area (Å²) in [7, 11) is 0. The van der Waals surface area contributed by atoms with Crippen LogP contribution >= 0.6 is 0 Å². The van der Waals surface area contributed by atoms with Gasteiger partial charge in [-0.25, -0.2) is 0 Å². The smallest absolute Gasteiger partial charge is 0.422 e. The molecule has 2 heterocycles. The Balaban J connectivity index is 1.59. The Morgan fingerprint density at radius 1 is 0.891 bits per heavy atom. The third kappa shape index (κ3) is 10.7. The maximum Gasteiger partial charge on any atom is 0.461 e. The fourth-order valence-corrected chi connectivity index (χ4v) is 6.25. The SMILES string of the molecule is CC(=O)O/C(=C(\C(C)C)N1C[C@H](OCc2ccccc2)C[C@H]1C(=O)NC(=O)[C@@H](NC(=O)c1ccc(C(=O)N2CCOCC2)cc1)C(C)C)C(F)(F)C(F)(F)F. The minimum atomic E-state index is -6.17. The number of halogens is 5. The number of esters is 1. The zero-order chi connectivity index (χ0) is 40.7. The lowest BCUT2D eigenvalue weighted by Crippen LogP contribution is -2.54. The van der Waals surface area contributed by atoms with Gasteiger partial charge in [0.05, 0.1) is 31.6 Å². The second-order valence-corrected chi connectivity index (χ2v) is 13.9. The molecule has 2 saturated heterocycles. The lowest BCUT2D eigenvalue weighted by Gasteiger charge is -2.34. The predicted molar refractivity (Wildman–Crippen MR) is 187 cm³/mol. The van der Waals surface area contributed by atoms with Gasteiger partial charge < -0.3 is 29.3 Å². The van der Waals surface area contributed by atoms with Gasteiger partial charge in [0.25, 0.3) is 11.8 Å². The molecule has 0 saturated carbocycles. The molecule has 2 aliphatic heterocycles. The summed E-state index contributed by atoms with van der Waals surface area (Å²) < 4.78 is 87.3. The fourth-order valence-electron chi connectivity index (χ4n) is 6.25. The molecule has 2 aromatic carbocycles. The number of morpholine rings is 1. The molecule has 4 amide bonds. The van der Waals surface area contributed by atoms with Crippen molar-refractivity contribution in [2.24, 2.45) is 11.8 Å². The van der Waals surface area contributed by atoms with Crippen molar-refractivity contribution in [2.45, 2.75) is 77.9 Å². The summed E-state index contributed by atoms with van der Waals surface area (Å²) >= 11 is 0. The number of likely N-dealkylation sites (tertiary alicyclic amines) is 1. The van der Waals surface area contributed by atoms with Gasteiger partial charge in [-0.15, -0.1) is 0 Å². The van der Waals surface area contributed by atoms with Gasteiger partial charge in [0.1, 0.15) is 12.1 Å². The van der Waals surface area contributed by atoms with Crippen LogP contribution < -0.4 is 10.6 Å². The molecule has 2 fully saturated rings. The van der Waals surface area contributed by atoms with Crippen LogP contribution in [-0.2, 0) is 35.2 Å². The van der Waals surface area contributed by atoms with Gasteiger partial charge in [-0.05, 0) is 41.7 Å². The van der Waals surface area contributed by atoms with Crippen molar-refractivity contribution < 1.29 is 60.1 Å². The van der Waals surface area contributed by atoms with Crippen LogP contribution in [0.4, 0.5) is 22.0 Å². The summed E-state index contributed by atoms with van der Waals surface area (Å²) in [6.45, 7) is 7.74. The first-order chi connectivity index (χ1) is 25.8. The van der Waals surface area contributed by atoms with E-state index in [4.69, 9.17) is 9.47 Å². The van der Waals surface area contributed by atoms with E-state index in [9.17, 15) is 37.1 Å². The highest BCUT2D eigenvalue weighted by Gasteiger charge is 2.64. The molecular formula is C38H45F5N4O8. The highest BCUT2D eigenvalue weighted by atomic mass is 19.4. The minimum Gasteiger partial charge on any atom is -0.422 e. The van der Waals surface area contributed by atoms with Crippen molar-refractivity contribution in [3.63, 3.8) is 0 Å². The summed E-state index contributed by atoms with van der Waals surface area (Å²) in [6, 6.07) is 11.7. The van der Waals surface area contributed by atoms with Crippen LogP contribution in [0.3, 0.4) is 0 Å². The molecule has 4 rings (SSSR count). The molecule has 2 N–H and O–H groups in total. The van der Waals surface area contributed by atoms with Crippen molar-refractivity contribution in [1.82, 2.24) is 20.4 Å². The van der Waals surface area contributed by atoms with Crippen LogP contribution in [0.2, 0.25) is 0 Å². The monoisotopic (exact) mass is 780 g/mol. The number of imide groups is 1. The van der Waals surface area contributed by atoms with Crippen molar-refractivity contribution in [3.05, 3.63) is 82.7 Å². The van der Waals surface area contributed by atoms with Crippen molar-refractivity contribution in [1.29, 1.82) is 0 Å². The molecule has 0 aromatic heterocycles. The number of nitrogens with one attached hydrogen (secondary N) is 2. The molecule has 0 bridgehead atoms. The summed E-state index contributed by atoms with van der Waals surface area (Å²) in [5.74, 6) is -13.8. The summed E-state index contributed by atoms with van der Waals surface area (Å²) in [4.78, 5) is 68.0. The number of benzene rings is 2. The van der Waals surface area contributed by atoms with E-state index in [2.05, 4.69) is 15.4 Å². The first-order valence-electron chi connectivity index (χ1n) is 17.7. The average molecular weight is 781 g/mol. The maximum atomic E-state index is 15.1. The Labute approximate surface area is 315 Å². The number of ether oxygens (including phenoxy) is 3. The normalized spacial score (nSPS) is 18.8. The van der Waals surface area contributed by atoms with E-state index in [1.54, 1.807) is 49.1 Å². The Morgan fingerprint density at radius 3 is 2.04 bits per heavy atom. The standard InChI is InChI=1S/C38H45F5N4O8/c1-22(2)30(44-33(49)26-11-13-27(14-12-26)36(52)46-15-17-53-18-16-46)35(51)45-34(50)29-19-28(54-21-25-9-7-6-8-10-25)20-47(29)31(23(3)4)32(55-24(5)48)37(39,40)38(41,42)43/h6-14,22-23,28-30H,15-21H2,1-5H3,(H,44,49)(H,45,50,51)/b32-31+/t28-,29+,30+/m1/s1. The van der Waals surface area contributed by atoms with Crippen molar-refractivity contribution in [2.75, 3.05) is 32.8 Å². The number of alkyl halides is 5.